The van der Waals surface area contributed by atoms with Crippen molar-refractivity contribution in [1.82, 2.24) is 14.7 Å². The molecule has 0 aromatic carbocycles. The number of nitrogens with zero attached hydrogens (tertiary/aromatic N) is 3. The number of sulfonamides is 1. The Hall–Kier alpha value is -2.48. The molecule has 10 heteroatoms. The molecule has 0 amide bonds. The van der Waals surface area contributed by atoms with Gasteiger partial charge in [0.25, 0.3) is 0 Å². The fourth-order valence-corrected chi connectivity index (χ4v) is 4.81. The number of nitrogens with two attached hydrogens (primary N) is 1. The van der Waals surface area contributed by atoms with Crippen LogP contribution in [0.4, 0.5) is 0 Å². The second-order valence-electron chi connectivity index (χ2n) is 6.85. The van der Waals surface area contributed by atoms with Crippen molar-refractivity contribution >= 4 is 10.0 Å². The third-order valence-electron chi connectivity index (χ3n) is 4.61. The Kier molecular flexibility index (Phi) is 6.77. The summed E-state index contributed by atoms with van der Waals surface area (Å²) in [5.41, 5.74) is 5.33. The van der Waals surface area contributed by atoms with E-state index in [1.165, 1.54) is 12.4 Å². The molecule has 0 spiro atoms. The van der Waals surface area contributed by atoms with E-state index >= 15 is 0 Å². The van der Waals surface area contributed by atoms with Crippen LogP contribution in [-0.2, 0) is 14.8 Å². The van der Waals surface area contributed by atoms with E-state index in [0.29, 0.717) is 18.7 Å². The third-order valence-corrected chi connectivity index (χ3v) is 6.94. The first-order valence-corrected chi connectivity index (χ1v) is 10.2. The Morgan fingerprint density at radius 3 is 2.61 bits per heavy atom. The minimum absolute atomic E-state index is 0.0196. The van der Waals surface area contributed by atoms with Gasteiger partial charge in [0.1, 0.15) is 16.4 Å². The number of allylic oxidation sites excluding steroid dienone is 2. The van der Waals surface area contributed by atoms with Crippen molar-refractivity contribution in [2.24, 2.45) is 5.73 Å². The zero-order valence-electron chi connectivity index (χ0n) is 16.2. The van der Waals surface area contributed by atoms with Crippen molar-refractivity contribution < 1.29 is 17.9 Å². The molecule has 0 saturated heterocycles. The smallest absolute Gasteiger partial charge is 0.316 e. The summed E-state index contributed by atoms with van der Waals surface area (Å²) in [7, 11) is -2.31. The molecule has 1 aromatic heterocycles. The van der Waals surface area contributed by atoms with Gasteiger partial charge >= 0.3 is 6.01 Å². The van der Waals surface area contributed by atoms with Crippen LogP contribution in [0.25, 0.3) is 0 Å². The van der Waals surface area contributed by atoms with Crippen LogP contribution in [0.15, 0.2) is 36.3 Å². The topological polar surface area (TPSA) is 140 Å². The molecular formula is C18H25N5O4S. The van der Waals surface area contributed by atoms with Crippen molar-refractivity contribution in [2.75, 3.05) is 20.3 Å². The molecule has 1 aliphatic rings. The number of methoxy groups -OCH3 is 1. The fourth-order valence-electron chi connectivity index (χ4n) is 2.90. The molecule has 1 unspecified atom stereocenters. The van der Waals surface area contributed by atoms with Crippen LogP contribution >= 0.6 is 0 Å². The molecule has 1 aromatic rings. The van der Waals surface area contributed by atoms with Crippen molar-refractivity contribution in [1.29, 1.82) is 5.26 Å². The lowest BCUT2D eigenvalue weighted by Gasteiger charge is -2.43. The van der Waals surface area contributed by atoms with E-state index in [9.17, 15) is 8.42 Å². The van der Waals surface area contributed by atoms with Crippen LogP contribution in [0.5, 0.6) is 6.01 Å². The maximum Gasteiger partial charge on any atom is 0.316 e. The van der Waals surface area contributed by atoms with Gasteiger partial charge in [-0.15, -0.1) is 0 Å². The van der Waals surface area contributed by atoms with Crippen LogP contribution in [0.1, 0.15) is 32.3 Å². The van der Waals surface area contributed by atoms with Gasteiger partial charge in [0.05, 0.1) is 18.0 Å². The summed E-state index contributed by atoms with van der Waals surface area (Å²) in [5.74, 6) is 0. The number of ether oxygens (including phenoxy) is 2. The summed E-state index contributed by atoms with van der Waals surface area (Å²) in [6.45, 7) is 3.98. The first kappa shape index (κ1) is 21.8. The summed E-state index contributed by atoms with van der Waals surface area (Å²) in [4.78, 5) is 7.98. The van der Waals surface area contributed by atoms with Crippen LogP contribution < -0.4 is 15.2 Å². The van der Waals surface area contributed by atoms with E-state index in [1.54, 1.807) is 39.2 Å². The Morgan fingerprint density at radius 1 is 1.39 bits per heavy atom. The average molecular weight is 407 g/mol. The molecule has 0 bridgehead atoms. The van der Waals surface area contributed by atoms with E-state index in [2.05, 4.69) is 14.7 Å². The van der Waals surface area contributed by atoms with Crippen molar-refractivity contribution in [3.8, 4) is 12.1 Å². The molecule has 0 saturated carbocycles. The van der Waals surface area contributed by atoms with Crippen molar-refractivity contribution in [2.45, 2.75) is 37.0 Å². The maximum absolute atomic E-state index is 13.3. The molecule has 1 aliphatic carbocycles. The van der Waals surface area contributed by atoms with Gasteiger partial charge in [-0.2, -0.15) is 5.26 Å². The van der Waals surface area contributed by atoms with Crippen LogP contribution in [0, 0.1) is 11.3 Å². The van der Waals surface area contributed by atoms with Crippen molar-refractivity contribution in [3.63, 3.8) is 0 Å². The normalized spacial score (nSPS) is 19.7. The van der Waals surface area contributed by atoms with Gasteiger partial charge in [-0.3, -0.25) is 0 Å². The molecule has 28 heavy (non-hydrogen) atoms. The maximum atomic E-state index is 13.3. The highest BCUT2D eigenvalue weighted by molar-refractivity contribution is 7.91. The van der Waals surface area contributed by atoms with Gasteiger partial charge in [0.2, 0.25) is 10.0 Å². The van der Waals surface area contributed by atoms with Gasteiger partial charge in [-0.1, -0.05) is 12.2 Å². The lowest BCUT2D eigenvalue weighted by Crippen LogP contribution is -2.61. The number of hydrogen-bond acceptors (Lipinski definition) is 8. The average Bonchev–Trinajstić information content (AvgIpc) is 2.66. The lowest BCUT2D eigenvalue weighted by molar-refractivity contribution is 0.0655. The van der Waals surface area contributed by atoms with Gasteiger partial charge < -0.3 is 15.2 Å². The molecule has 1 atom stereocenters. The highest BCUT2D eigenvalue weighted by atomic mass is 32.2. The molecule has 3 N–H and O–H groups in total. The highest BCUT2D eigenvalue weighted by Gasteiger charge is 2.55. The van der Waals surface area contributed by atoms with Gasteiger partial charge in [0, 0.05) is 26.0 Å². The van der Waals surface area contributed by atoms with Gasteiger partial charge in [-0.05, 0) is 32.8 Å². The SMILES string of the molecule is COCCCNS(=O)(=O)C1(C(C)(C)Oc2ncc(C#N)cn2)C=CC(N)=CC1. The molecule has 152 valence electrons. The molecule has 0 aliphatic heterocycles. The summed E-state index contributed by atoms with van der Waals surface area (Å²) in [6.07, 6.45) is 8.05. The van der Waals surface area contributed by atoms with Crippen LogP contribution in [-0.4, -0.2) is 49.0 Å². The first-order chi connectivity index (χ1) is 13.2. The summed E-state index contributed by atoms with van der Waals surface area (Å²) >= 11 is 0. The number of rotatable bonds is 9. The molecule has 2 rings (SSSR count). The summed E-state index contributed by atoms with van der Waals surface area (Å²) in [5, 5.41) is 8.86. The Labute approximate surface area is 165 Å². The zero-order chi connectivity index (χ0) is 20.8. The number of nitrogens with one attached hydrogen (secondary N) is 1. The van der Waals surface area contributed by atoms with Crippen LogP contribution in [0.2, 0.25) is 0 Å². The Balaban J connectivity index is 2.35. The first-order valence-electron chi connectivity index (χ1n) is 8.71. The minimum Gasteiger partial charge on any atom is -0.455 e. The minimum atomic E-state index is -3.86. The summed E-state index contributed by atoms with van der Waals surface area (Å²) in [6, 6.07) is 1.90. The predicted octanol–water partition coefficient (Wildman–Crippen LogP) is 1.00. The molecule has 0 radical (unpaired) electrons. The predicted molar refractivity (Wildman–Crippen MR) is 104 cm³/mol. The standard InChI is InChI=1S/C18H25N5O4S/c1-17(2,27-16-21-12-14(11-19)13-22-16)18(7-5-15(20)6-8-18)28(24,25)23-9-4-10-26-3/h5-7,12-13,23H,4,8-10,20H2,1-3H3. The van der Waals surface area contributed by atoms with Gasteiger partial charge in [-0.25, -0.2) is 23.1 Å². The molecule has 1 heterocycles. The van der Waals surface area contributed by atoms with E-state index in [1.807, 2.05) is 6.07 Å². The number of hydrogen-bond donors (Lipinski definition) is 2. The lowest BCUT2D eigenvalue weighted by atomic mass is 9.83. The quantitative estimate of drug-likeness (QED) is 0.578. The van der Waals surface area contributed by atoms with E-state index < -0.39 is 20.4 Å². The Bertz CT molecular complexity index is 888. The second kappa shape index (κ2) is 8.68. The monoisotopic (exact) mass is 407 g/mol. The van der Waals surface area contributed by atoms with Crippen LogP contribution in [0.3, 0.4) is 0 Å². The Morgan fingerprint density at radius 2 is 2.07 bits per heavy atom. The van der Waals surface area contributed by atoms with E-state index in [4.69, 9.17) is 20.5 Å². The molecule has 0 fully saturated rings. The second-order valence-corrected chi connectivity index (χ2v) is 8.88. The molecular weight excluding hydrogens is 382 g/mol. The molecule has 9 nitrogen and oxygen atoms in total. The van der Waals surface area contributed by atoms with Gasteiger partial charge in [0.15, 0.2) is 0 Å². The third kappa shape index (κ3) is 4.49. The van der Waals surface area contributed by atoms with E-state index in [0.717, 1.165) is 0 Å². The van der Waals surface area contributed by atoms with E-state index in [-0.39, 0.29) is 24.5 Å². The number of aromatic nitrogens is 2. The number of nitriles is 1. The zero-order valence-corrected chi connectivity index (χ0v) is 17.0. The largest absolute Gasteiger partial charge is 0.455 e. The highest BCUT2D eigenvalue weighted by Crippen LogP contribution is 2.40. The van der Waals surface area contributed by atoms with Crippen molar-refractivity contribution in [3.05, 3.63) is 41.9 Å². The summed E-state index contributed by atoms with van der Waals surface area (Å²) < 4.78 is 38.6. The fraction of sp³-hybridized carbons (Fsp3) is 0.500.